The standard InChI is InChI=1S/C10H10N2/c1-3-8-6-9-4-5-12(2)10(9)11-7-8/h3-7H,1H2,2H3. The Hall–Kier alpha value is -1.57. The Bertz CT molecular complexity index is 426. The summed E-state index contributed by atoms with van der Waals surface area (Å²) < 4.78 is 2.00. The molecule has 0 bridgehead atoms. The van der Waals surface area contributed by atoms with Gasteiger partial charge in [0.05, 0.1) is 0 Å². The highest BCUT2D eigenvalue weighted by atomic mass is 15.0. The molecule has 0 saturated heterocycles. The summed E-state index contributed by atoms with van der Waals surface area (Å²) in [5.74, 6) is 0. The van der Waals surface area contributed by atoms with Crippen LogP contribution < -0.4 is 0 Å². The molecule has 0 aliphatic heterocycles. The second kappa shape index (κ2) is 2.48. The number of nitrogens with zero attached hydrogens (tertiary/aromatic N) is 2. The summed E-state index contributed by atoms with van der Waals surface area (Å²) >= 11 is 0. The lowest BCUT2D eigenvalue weighted by atomic mass is 10.2. The van der Waals surface area contributed by atoms with Crippen molar-refractivity contribution in [2.45, 2.75) is 0 Å². The van der Waals surface area contributed by atoms with Gasteiger partial charge in [0.2, 0.25) is 0 Å². The third-order valence-electron chi connectivity index (χ3n) is 1.96. The van der Waals surface area contributed by atoms with Crippen molar-refractivity contribution < 1.29 is 0 Å². The van der Waals surface area contributed by atoms with Crippen LogP contribution in [-0.2, 0) is 7.05 Å². The van der Waals surface area contributed by atoms with Crippen LogP contribution in [0.4, 0.5) is 0 Å². The summed E-state index contributed by atoms with van der Waals surface area (Å²) in [5.41, 5.74) is 2.08. The second-order valence-electron chi connectivity index (χ2n) is 2.81. The second-order valence-corrected chi connectivity index (χ2v) is 2.81. The first-order valence-corrected chi connectivity index (χ1v) is 3.85. The summed E-state index contributed by atoms with van der Waals surface area (Å²) in [6, 6.07) is 4.13. The number of rotatable bonds is 1. The van der Waals surface area contributed by atoms with Gasteiger partial charge in [-0.05, 0) is 17.7 Å². The fourth-order valence-corrected chi connectivity index (χ4v) is 1.28. The van der Waals surface area contributed by atoms with Gasteiger partial charge in [-0.1, -0.05) is 12.7 Å². The SMILES string of the molecule is C=Cc1cnc2c(ccn2C)c1. The largest absolute Gasteiger partial charge is 0.336 e. The smallest absolute Gasteiger partial charge is 0.139 e. The van der Waals surface area contributed by atoms with Crippen LogP contribution in [0.3, 0.4) is 0 Å². The highest BCUT2D eigenvalue weighted by molar-refractivity contribution is 5.78. The third-order valence-corrected chi connectivity index (χ3v) is 1.96. The van der Waals surface area contributed by atoms with Gasteiger partial charge >= 0.3 is 0 Å². The van der Waals surface area contributed by atoms with Crippen LogP contribution in [0.5, 0.6) is 0 Å². The van der Waals surface area contributed by atoms with Crippen LogP contribution in [-0.4, -0.2) is 9.55 Å². The van der Waals surface area contributed by atoms with Gasteiger partial charge in [-0.3, -0.25) is 0 Å². The molecule has 2 heterocycles. The van der Waals surface area contributed by atoms with Gasteiger partial charge in [-0.15, -0.1) is 0 Å². The lowest BCUT2D eigenvalue weighted by Gasteiger charge is -1.95. The first kappa shape index (κ1) is 7.10. The van der Waals surface area contributed by atoms with Crippen molar-refractivity contribution in [2.75, 3.05) is 0 Å². The molecule has 0 aliphatic carbocycles. The van der Waals surface area contributed by atoms with E-state index in [-0.39, 0.29) is 0 Å². The minimum absolute atomic E-state index is 1.01. The van der Waals surface area contributed by atoms with Gasteiger partial charge in [0.15, 0.2) is 0 Å². The molecule has 2 aromatic heterocycles. The minimum Gasteiger partial charge on any atom is -0.336 e. The van der Waals surface area contributed by atoms with E-state index in [4.69, 9.17) is 0 Å². The van der Waals surface area contributed by atoms with E-state index in [1.54, 1.807) is 6.08 Å². The first-order chi connectivity index (χ1) is 5.81. The molecule has 2 rings (SSSR count). The Kier molecular flexibility index (Phi) is 1.47. The van der Waals surface area contributed by atoms with Crippen LogP contribution in [0.25, 0.3) is 17.1 Å². The van der Waals surface area contributed by atoms with Crippen molar-refractivity contribution in [3.05, 3.63) is 36.7 Å². The van der Waals surface area contributed by atoms with E-state index < -0.39 is 0 Å². The van der Waals surface area contributed by atoms with Gasteiger partial charge in [0.25, 0.3) is 0 Å². The molecule has 2 nitrogen and oxygen atoms in total. The molecule has 0 spiro atoms. The van der Waals surface area contributed by atoms with Gasteiger partial charge in [0, 0.05) is 24.8 Å². The Morgan fingerprint density at radius 2 is 2.42 bits per heavy atom. The molecular formula is C10H10N2. The molecule has 0 aliphatic rings. The van der Waals surface area contributed by atoms with Gasteiger partial charge in [0.1, 0.15) is 5.65 Å². The van der Waals surface area contributed by atoms with E-state index in [1.807, 2.05) is 24.0 Å². The summed E-state index contributed by atoms with van der Waals surface area (Å²) in [5, 5.41) is 1.16. The van der Waals surface area contributed by atoms with Crippen molar-refractivity contribution in [3.8, 4) is 0 Å². The number of hydrogen-bond acceptors (Lipinski definition) is 1. The van der Waals surface area contributed by atoms with Gasteiger partial charge in [-0.2, -0.15) is 0 Å². The van der Waals surface area contributed by atoms with Gasteiger partial charge in [-0.25, -0.2) is 4.98 Å². The molecule has 2 aromatic rings. The van der Waals surface area contributed by atoms with Crippen molar-refractivity contribution in [3.63, 3.8) is 0 Å². The molecule has 0 amide bonds. The first-order valence-electron chi connectivity index (χ1n) is 3.85. The maximum atomic E-state index is 4.30. The Labute approximate surface area is 71.2 Å². The number of fused-ring (bicyclic) bond motifs is 1. The number of pyridine rings is 1. The molecule has 2 heteroatoms. The molecule has 12 heavy (non-hydrogen) atoms. The maximum absolute atomic E-state index is 4.30. The summed E-state index contributed by atoms with van der Waals surface area (Å²) in [6.45, 7) is 3.70. The van der Waals surface area contributed by atoms with Crippen LogP contribution >= 0.6 is 0 Å². The molecule has 0 N–H and O–H groups in total. The average molecular weight is 158 g/mol. The molecule has 0 atom stereocenters. The zero-order valence-corrected chi connectivity index (χ0v) is 6.99. The van der Waals surface area contributed by atoms with Crippen LogP contribution in [0.15, 0.2) is 31.1 Å². The topological polar surface area (TPSA) is 17.8 Å². The van der Waals surface area contributed by atoms with Crippen molar-refractivity contribution >= 4 is 17.1 Å². The zero-order chi connectivity index (χ0) is 8.55. The Balaban J connectivity index is 2.77. The summed E-state index contributed by atoms with van der Waals surface area (Å²) in [4.78, 5) is 4.30. The fraction of sp³-hybridized carbons (Fsp3) is 0.100. The highest BCUT2D eigenvalue weighted by Crippen LogP contribution is 2.13. The maximum Gasteiger partial charge on any atom is 0.139 e. The number of aromatic nitrogens is 2. The van der Waals surface area contributed by atoms with Crippen molar-refractivity contribution in [1.82, 2.24) is 9.55 Å². The lowest BCUT2D eigenvalue weighted by molar-refractivity contribution is 0.948. The van der Waals surface area contributed by atoms with E-state index in [1.165, 1.54) is 0 Å². The molecule has 0 fully saturated rings. The monoisotopic (exact) mass is 158 g/mol. The van der Waals surface area contributed by atoms with Crippen molar-refractivity contribution in [2.24, 2.45) is 7.05 Å². The normalized spacial score (nSPS) is 10.4. The quantitative estimate of drug-likeness (QED) is 0.622. The molecule has 0 saturated carbocycles. The van der Waals surface area contributed by atoms with Gasteiger partial charge < -0.3 is 4.57 Å². The van der Waals surface area contributed by atoms with E-state index >= 15 is 0 Å². The predicted molar refractivity (Wildman–Crippen MR) is 50.8 cm³/mol. The van der Waals surface area contributed by atoms with Crippen LogP contribution in [0, 0.1) is 0 Å². The number of aryl methyl sites for hydroxylation is 1. The molecule has 60 valence electrons. The van der Waals surface area contributed by atoms with E-state index in [2.05, 4.69) is 23.7 Å². The lowest BCUT2D eigenvalue weighted by Crippen LogP contribution is -1.87. The minimum atomic E-state index is 1.01. The van der Waals surface area contributed by atoms with E-state index in [9.17, 15) is 0 Å². The summed E-state index contributed by atoms with van der Waals surface area (Å²) in [7, 11) is 1.99. The Morgan fingerprint density at radius 1 is 1.58 bits per heavy atom. The fourth-order valence-electron chi connectivity index (χ4n) is 1.28. The zero-order valence-electron chi connectivity index (χ0n) is 6.99. The Morgan fingerprint density at radius 3 is 3.17 bits per heavy atom. The molecule has 0 aromatic carbocycles. The molecule has 0 radical (unpaired) electrons. The van der Waals surface area contributed by atoms with Crippen LogP contribution in [0.2, 0.25) is 0 Å². The van der Waals surface area contributed by atoms with E-state index in [0.717, 1.165) is 16.6 Å². The molecular weight excluding hydrogens is 148 g/mol. The third kappa shape index (κ3) is 0.925. The summed E-state index contributed by atoms with van der Waals surface area (Å²) in [6.07, 6.45) is 5.64. The van der Waals surface area contributed by atoms with Crippen molar-refractivity contribution in [1.29, 1.82) is 0 Å². The number of hydrogen-bond donors (Lipinski definition) is 0. The highest BCUT2D eigenvalue weighted by Gasteiger charge is 1.97. The average Bonchev–Trinajstić information content (AvgIpc) is 2.47. The van der Waals surface area contributed by atoms with Crippen LogP contribution in [0.1, 0.15) is 5.56 Å². The molecule has 0 unspecified atom stereocenters. The van der Waals surface area contributed by atoms with E-state index in [0.29, 0.717) is 0 Å². The predicted octanol–water partition coefficient (Wildman–Crippen LogP) is 2.22.